The molecule has 1 aliphatic carbocycles. The lowest BCUT2D eigenvalue weighted by Gasteiger charge is -2.16. The van der Waals surface area contributed by atoms with Crippen molar-refractivity contribution >= 4 is 29.2 Å². The number of halogens is 1. The molecule has 1 aromatic heterocycles. The second-order valence-electron chi connectivity index (χ2n) is 5.07. The Bertz CT molecular complexity index is 539. The van der Waals surface area contributed by atoms with Crippen LogP contribution in [-0.4, -0.2) is 21.7 Å². The number of nitrogens with two attached hydrogens (primary N) is 1. The Balaban J connectivity index is 1.86. The molecule has 19 heavy (non-hydrogen) atoms. The lowest BCUT2D eigenvalue weighted by molar-refractivity contribution is -0.141. The third-order valence-electron chi connectivity index (χ3n) is 3.93. The number of imide groups is 1. The molecule has 2 aliphatic rings. The summed E-state index contributed by atoms with van der Waals surface area (Å²) >= 11 is 6.02. The molecule has 1 aromatic rings. The van der Waals surface area contributed by atoms with Crippen molar-refractivity contribution in [3.05, 3.63) is 22.8 Å². The van der Waals surface area contributed by atoms with E-state index in [9.17, 15) is 9.59 Å². The summed E-state index contributed by atoms with van der Waals surface area (Å²) in [6.45, 7) is 0.120. The molecular weight excluding hydrogens is 266 g/mol. The molecule has 0 bridgehead atoms. The van der Waals surface area contributed by atoms with Crippen LogP contribution in [0.5, 0.6) is 0 Å². The van der Waals surface area contributed by atoms with Crippen molar-refractivity contribution in [2.45, 2.75) is 25.8 Å². The molecule has 2 atom stereocenters. The number of nitrogens with zero attached hydrogens (tertiary/aromatic N) is 2. The van der Waals surface area contributed by atoms with Crippen LogP contribution in [0.25, 0.3) is 0 Å². The van der Waals surface area contributed by atoms with Crippen LogP contribution < -0.4 is 5.73 Å². The van der Waals surface area contributed by atoms with Gasteiger partial charge in [0.1, 0.15) is 5.82 Å². The van der Waals surface area contributed by atoms with Crippen molar-refractivity contribution in [1.29, 1.82) is 0 Å². The number of amides is 2. The maximum absolute atomic E-state index is 12.2. The van der Waals surface area contributed by atoms with Crippen molar-refractivity contribution in [2.24, 2.45) is 11.8 Å². The van der Waals surface area contributed by atoms with Gasteiger partial charge in [0.2, 0.25) is 11.8 Å². The third-order valence-corrected chi connectivity index (χ3v) is 4.27. The highest BCUT2D eigenvalue weighted by molar-refractivity contribution is 6.31. The van der Waals surface area contributed by atoms with E-state index in [4.69, 9.17) is 17.3 Å². The van der Waals surface area contributed by atoms with Crippen LogP contribution in [0.4, 0.5) is 5.82 Å². The fourth-order valence-electron chi connectivity index (χ4n) is 2.98. The SMILES string of the molecule is Nc1ccc(Cl)c(CN2C(=O)C3CCCC3C2=O)n1. The van der Waals surface area contributed by atoms with Crippen molar-refractivity contribution in [2.75, 3.05) is 5.73 Å². The Hall–Kier alpha value is -1.62. The van der Waals surface area contributed by atoms with Gasteiger partial charge in [-0.05, 0) is 25.0 Å². The van der Waals surface area contributed by atoms with Gasteiger partial charge in [0.25, 0.3) is 0 Å². The van der Waals surface area contributed by atoms with E-state index in [1.165, 1.54) is 4.90 Å². The van der Waals surface area contributed by atoms with Crippen LogP contribution >= 0.6 is 11.6 Å². The molecule has 2 heterocycles. The van der Waals surface area contributed by atoms with E-state index in [1.54, 1.807) is 12.1 Å². The minimum atomic E-state index is -0.132. The molecule has 2 N–H and O–H groups in total. The predicted molar refractivity (Wildman–Crippen MR) is 70.0 cm³/mol. The number of anilines is 1. The van der Waals surface area contributed by atoms with Gasteiger partial charge in [0.05, 0.1) is 29.1 Å². The number of carbonyl (C=O) groups excluding carboxylic acids is 2. The molecule has 0 spiro atoms. The first kappa shape index (κ1) is 12.4. The maximum Gasteiger partial charge on any atom is 0.233 e. The average Bonchev–Trinajstić information content (AvgIpc) is 2.94. The fourth-order valence-corrected chi connectivity index (χ4v) is 3.14. The molecule has 0 aromatic carbocycles. The summed E-state index contributed by atoms with van der Waals surface area (Å²) in [6, 6.07) is 3.22. The molecule has 6 heteroatoms. The topological polar surface area (TPSA) is 76.3 Å². The van der Waals surface area contributed by atoms with Gasteiger partial charge in [-0.15, -0.1) is 0 Å². The Morgan fingerprint density at radius 1 is 1.26 bits per heavy atom. The van der Waals surface area contributed by atoms with Gasteiger partial charge >= 0.3 is 0 Å². The smallest absolute Gasteiger partial charge is 0.233 e. The maximum atomic E-state index is 12.2. The number of hydrogen-bond donors (Lipinski definition) is 1. The third kappa shape index (κ3) is 1.98. The molecule has 1 saturated heterocycles. The molecule has 1 saturated carbocycles. The zero-order valence-corrected chi connectivity index (χ0v) is 11.1. The summed E-state index contributed by atoms with van der Waals surface area (Å²) in [5.41, 5.74) is 6.08. The van der Waals surface area contributed by atoms with E-state index >= 15 is 0 Å². The number of likely N-dealkylation sites (tertiary alicyclic amines) is 1. The molecule has 2 amide bonds. The Kier molecular flexibility index (Phi) is 2.93. The zero-order valence-electron chi connectivity index (χ0n) is 10.3. The van der Waals surface area contributed by atoms with Crippen LogP contribution in [0.15, 0.2) is 12.1 Å². The van der Waals surface area contributed by atoms with Gasteiger partial charge in [-0.1, -0.05) is 18.0 Å². The second-order valence-corrected chi connectivity index (χ2v) is 5.48. The highest BCUT2D eigenvalue weighted by Gasteiger charge is 2.49. The highest BCUT2D eigenvalue weighted by Crippen LogP contribution is 2.40. The van der Waals surface area contributed by atoms with Crippen LogP contribution in [-0.2, 0) is 16.1 Å². The number of fused-ring (bicyclic) bond motifs is 1. The number of hydrogen-bond acceptors (Lipinski definition) is 4. The van der Waals surface area contributed by atoms with E-state index in [2.05, 4.69) is 4.98 Å². The van der Waals surface area contributed by atoms with Crippen LogP contribution in [0, 0.1) is 11.8 Å². The molecule has 5 nitrogen and oxygen atoms in total. The first-order valence-electron chi connectivity index (χ1n) is 6.34. The zero-order chi connectivity index (χ0) is 13.6. The molecule has 2 fully saturated rings. The largest absolute Gasteiger partial charge is 0.384 e. The van der Waals surface area contributed by atoms with Crippen molar-refractivity contribution < 1.29 is 9.59 Å². The summed E-state index contributed by atoms with van der Waals surface area (Å²) < 4.78 is 0. The highest BCUT2D eigenvalue weighted by atomic mass is 35.5. The molecule has 0 radical (unpaired) electrons. The molecule has 3 rings (SSSR count). The van der Waals surface area contributed by atoms with Gasteiger partial charge < -0.3 is 5.73 Å². The first-order valence-corrected chi connectivity index (χ1v) is 6.72. The number of aromatic nitrogens is 1. The molecule has 1 aliphatic heterocycles. The predicted octanol–water partition coefficient (Wildman–Crippen LogP) is 1.60. The van der Waals surface area contributed by atoms with E-state index in [1.807, 2.05) is 0 Å². The van der Waals surface area contributed by atoms with E-state index in [0.29, 0.717) is 16.5 Å². The number of carbonyl (C=O) groups is 2. The summed E-state index contributed by atoms with van der Waals surface area (Å²) in [5, 5.41) is 0.423. The number of nitrogen functional groups attached to an aromatic ring is 1. The normalized spacial score (nSPS) is 26.1. The summed E-state index contributed by atoms with van der Waals surface area (Å²) in [7, 11) is 0. The van der Waals surface area contributed by atoms with Crippen molar-refractivity contribution in [3.8, 4) is 0 Å². The fraction of sp³-hybridized carbons (Fsp3) is 0.462. The van der Waals surface area contributed by atoms with Gasteiger partial charge in [-0.25, -0.2) is 4.98 Å². The summed E-state index contributed by atoms with van der Waals surface area (Å²) in [5.74, 6) is -0.112. The molecule has 100 valence electrons. The Labute approximate surface area is 115 Å². The standard InChI is InChI=1S/C13H14ClN3O2/c14-9-4-5-11(15)16-10(9)6-17-12(18)7-2-1-3-8(7)13(17)19/h4-5,7-8H,1-3,6H2,(H2,15,16). The van der Waals surface area contributed by atoms with Crippen LogP contribution in [0.1, 0.15) is 25.0 Å². The molecule has 2 unspecified atom stereocenters. The number of pyridine rings is 1. The molecular formula is C13H14ClN3O2. The Morgan fingerprint density at radius 3 is 2.53 bits per heavy atom. The van der Waals surface area contributed by atoms with Gasteiger partial charge in [-0.3, -0.25) is 14.5 Å². The summed E-state index contributed by atoms with van der Waals surface area (Å²) in [6.07, 6.45) is 2.58. The van der Waals surface area contributed by atoms with Gasteiger partial charge in [-0.2, -0.15) is 0 Å². The first-order chi connectivity index (χ1) is 9.08. The quantitative estimate of drug-likeness (QED) is 0.834. The second kappa shape index (κ2) is 4.49. The minimum Gasteiger partial charge on any atom is -0.384 e. The monoisotopic (exact) mass is 279 g/mol. The minimum absolute atomic E-state index is 0.0900. The van der Waals surface area contributed by atoms with E-state index in [0.717, 1.165) is 19.3 Å². The summed E-state index contributed by atoms with van der Waals surface area (Å²) in [4.78, 5) is 29.8. The van der Waals surface area contributed by atoms with E-state index < -0.39 is 0 Å². The Morgan fingerprint density at radius 2 is 1.89 bits per heavy atom. The lowest BCUT2D eigenvalue weighted by Crippen LogP contribution is -2.31. The number of rotatable bonds is 2. The van der Waals surface area contributed by atoms with Crippen LogP contribution in [0.2, 0.25) is 5.02 Å². The van der Waals surface area contributed by atoms with Crippen molar-refractivity contribution in [3.63, 3.8) is 0 Å². The van der Waals surface area contributed by atoms with Crippen molar-refractivity contribution in [1.82, 2.24) is 9.88 Å². The van der Waals surface area contributed by atoms with Crippen LogP contribution in [0.3, 0.4) is 0 Å². The van der Waals surface area contributed by atoms with Gasteiger partial charge in [0.15, 0.2) is 0 Å². The lowest BCUT2D eigenvalue weighted by atomic mass is 10.00. The van der Waals surface area contributed by atoms with E-state index in [-0.39, 0.29) is 30.2 Å². The van der Waals surface area contributed by atoms with Gasteiger partial charge in [0, 0.05) is 0 Å². The average molecular weight is 280 g/mol.